The fourth-order valence-electron chi connectivity index (χ4n) is 2.78. The lowest BCUT2D eigenvalue weighted by atomic mass is 10.1. The SMILES string of the molecule is COc1cc(OC)cc(C(=O)N(C)[C@@H](C)c2ccc(-n3cncn3)cc2)c1. The summed E-state index contributed by atoms with van der Waals surface area (Å²) in [7, 11) is 4.91. The molecule has 3 aromatic rings. The number of carbonyl (C=O) groups is 1. The van der Waals surface area contributed by atoms with Crippen molar-refractivity contribution >= 4 is 5.91 Å². The van der Waals surface area contributed by atoms with Crippen LogP contribution in [0.5, 0.6) is 11.5 Å². The third kappa shape index (κ3) is 3.92. The lowest BCUT2D eigenvalue weighted by Crippen LogP contribution is -2.29. The van der Waals surface area contributed by atoms with E-state index in [1.54, 1.807) is 55.4 Å². The Balaban J connectivity index is 1.80. The van der Waals surface area contributed by atoms with E-state index >= 15 is 0 Å². The Hall–Kier alpha value is -3.35. The molecule has 1 heterocycles. The molecule has 0 bridgehead atoms. The summed E-state index contributed by atoms with van der Waals surface area (Å²) in [6.07, 6.45) is 3.13. The van der Waals surface area contributed by atoms with E-state index in [-0.39, 0.29) is 11.9 Å². The highest BCUT2D eigenvalue weighted by atomic mass is 16.5. The Bertz CT molecular complexity index is 885. The van der Waals surface area contributed by atoms with Gasteiger partial charge in [-0.05, 0) is 36.8 Å². The van der Waals surface area contributed by atoms with Crippen molar-refractivity contribution in [2.45, 2.75) is 13.0 Å². The predicted octanol–water partition coefficient (Wildman–Crippen LogP) is 3.12. The van der Waals surface area contributed by atoms with Crippen LogP contribution in [0.1, 0.15) is 28.9 Å². The molecule has 3 rings (SSSR count). The number of carbonyl (C=O) groups excluding carboxylic acids is 1. The number of aromatic nitrogens is 3. The number of methoxy groups -OCH3 is 2. The van der Waals surface area contributed by atoms with Crippen molar-refractivity contribution in [2.75, 3.05) is 21.3 Å². The molecule has 7 heteroatoms. The van der Waals surface area contributed by atoms with E-state index in [1.165, 1.54) is 6.33 Å². The Morgan fingerprint density at radius 3 is 2.22 bits per heavy atom. The Kier molecular flexibility index (Phi) is 5.40. The topological polar surface area (TPSA) is 69.5 Å². The van der Waals surface area contributed by atoms with Crippen molar-refractivity contribution in [3.8, 4) is 17.2 Å². The minimum atomic E-state index is -0.112. The first-order chi connectivity index (χ1) is 13.0. The predicted molar refractivity (Wildman–Crippen MR) is 101 cm³/mol. The minimum Gasteiger partial charge on any atom is -0.497 e. The van der Waals surface area contributed by atoms with Crippen LogP contribution in [-0.4, -0.2) is 46.8 Å². The van der Waals surface area contributed by atoms with E-state index in [2.05, 4.69) is 10.1 Å². The fourth-order valence-corrected chi connectivity index (χ4v) is 2.78. The molecular formula is C20H22N4O3. The maximum Gasteiger partial charge on any atom is 0.254 e. The van der Waals surface area contributed by atoms with Crippen LogP contribution in [0.25, 0.3) is 5.69 Å². The summed E-state index contributed by atoms with van der Waals surface area (Å²) in [5, 5.41) is 4.11. The van der Waals surface area contributed by atoms with Crippen LogP contribution in [0.4, 0.5) is 0 Å². The van der Waals surface area contributed by atoms with Gasteiger partial charge in [-0.1, -0.05) is 12.1 Å². The van der Waals surface area contributed by atoms with Gasteiger partial charge in [-0.3, -0.25) is 4.79 Å². The number of hydrogen-bond donors (Lipinski definition) is 0. The van der Waals surface area contributed by atoms with Crippen LogP contribution in [0, 0.1) is 0 Å². The minimum absolute atomic E-state index is 0.111. The van der Waals surface area contributed by atoms with Crippen LogP contribution >= 0.6 is 0 Å². The van der Waals surface area contributed by atoms with Crippen molar-refractivity contribution in [3.63, 3.8) is 0 Å². The Labute approximate surface area is 158 Å². The zero-order valence-electron chi connectivity index (χ0n) is 15.8. The van der Waals surface area contributed by atoms with Crippen molar-refractivity contribution in [1.82, 2.24) is 19.7 Å². The zero-order chi connectivity index (χ0) is 19.4. The van der Waals surface area contributed by atoms with Gasteiger partial charge in [0, 0.05) is 18.7 Å². The number of rotatable bonds is 6. The van der Waals surface area contributed by atoms with Crippen LogP contribution < -0.4 is 9.47 Å². The average molecular weight is 366 g/mol. The van der Waals surface area contributed by atoms with Crippen LogP contribution in [0.15, 0.2) is 55.1 Å². The van der Waals surface area contributed by atoms with Gasteiger partial charge >= 0.3 is 0 Å². The molecule has 2 aromatic carbocycles. The molecule has 0 N–H and O–H groups in total. The molecule has 0 radical (unpaired) electrons. The molecule has 1 amide bonds. The third-order valence-electron chi connectivity index (χ3n) is 4.56. The van der Waals surface area contributed by atoms with Crippen LogP contribution in [-0.2, 0) is 0 Å². The monoisotopic (exact) mass is 366 g/mol. The molecule has 0 saturated heterocycles. The van der Waals surface area contributed by atoms with Gasteiger partial charge in [0.25, 0.3) is 5.91 Å². The summed E-state index contributed by atoms with van der Waals surface area (Å²) in [5.74, 6) is 1.05. The third-order valence-corrected chi connectivity index (χ3v) is 4.56. The van der Waals surface area contributed by atoms with Gasteiger partial charge in [0.15, 0.2) is 0 Å². The standard InChI is InChI=1S/C20H22N4O3/c1-14(15-5-7-17(8-6-15)24-13-21-12-22-24)23(2)20(25)16-9-18(26-3)11-19(10-16)27-4/h5-14H,1-4H3/t14-/m0/s1. The van der Waals surface area contributed by atoms with E-state index in [0.717, 1.165) is 11.3 Å². The normalized spacial score (nSPS) is 11.7. The van der Waals surface area contributed by atoms with Crippen molar-refractivity contribution in [1.29, 1.82) is 0 Å². The molecule has 7 nitrogen and oxygen atoms in total. The van der Waals surface area contributed by atoms with Gasteiger partial charge in [0.2, 0.25) is 0 Å². The Morgan fingerprint density at radius 2 is 1.70 bits per heavy atom. The van der Waals surface area contributed by atoms with E-state index in [4.69, 9.17) is 9.47 Å². The first kappa shape index (κ1) is 18.4. The van der Waals surface area contributed by atoms with Crippen molar-refractivity contribution < 1.29 is 14.3 Å². The zero-order valence-corrected chi connectivity index (χ0v) is 15.8. The first-order valence-corrected chi connectivity index (χ1v) is 8.48. The Morgan fingerprint density at radius 1 is 1.07 bits per heavy atom. The highest BCUT2D eigenvalue weighted by Gasteiger charge is 2.20. The summed E-state index contributed by atoms with van der Waals surface area (Å²) in [5.41, 5.74) is 2.44. The van der Waals surface area contributed by atoms with Gasteiger partial charge < -0.3 is 14.4 Å². The summed E-state index contributed by atoms with van der Waals surface area (Å²) in [4.78, 5) is 18.6. The van der Waals surface area contributed by atoms with Crippen molar-refractivity contribution in [3.05, 3.63) is 66.2 Å². The largest absolute Gasteiger partial charge is 0.497 e. The number of hydrogen-bond acceptors (Lipinski definition) is 5. The second-order valence-electron chi connectivity index (χ2n) is 6.12. The summed E-state index contributed by atoms with van der Waals surface area (Å²) in [6, 6.07) is 12.9. The molecule has 0 unspecified atom stereocenters. The average Bonchev–Trinajstić information content (AvgIpc) is 3.26. The van der Waals surface area contributed by atoms with Gasteiger partial charge in [-0.2, -0.15) is 5.10 Å². The second-order valence-corrected chi connectivity index (χ2v) is 6.12. The van der Waals surface area contributed by atoms with Gasteiger partial charge in [0.1, 0.15) is 24.2 Å². The van der Waals surface area contributed by atoms with Crippen LogP contribution in [0.2, 0.25) is 0 Å². The van der Waals surface area contributed by atoms with Gasteiger partial charge in [-0.15, -0.1) is 0 Å². The van der Waals surface area contributed by atoms with Crippen LogP contribution in [0.3, 0.4) is 0 Å². The summed E-state index contributed by atoms with van der Waals surface area (Å²) in [6.45, 7) is 1.99. The fraction of sp³-hybridized carbons (Fsp3) is 0.250. The molecular weight excluding hydrogens is 344 g/mol. The summed E-state index contributed by atoms with van der Waals surface area (Å²) < 4.78 is 12.2. The molecule has 0 saturated carbocycles. The number of nitrogens with zero attached hydrogens (tertiary/aromatic N) is 4. The van der Waals surface area contributed by atoms with E-state index in [1.807, 2.05) is 31.2 Å². The second kappa shape index (κ2) is 7.90. The maximum absolute atomic E-state index is 12.9. The maximum atomic E-state index is 12.9. The number of ether oxygens (including phenoxy) is 2. The molecule has 1 aromatic heterocycles. The molecule has 140 valence electrons. The van der Waals surface area contributed by atoms with Gasteiger partial charge in [0.05, 0.1) is 25.9 Å². The molecule has 0 fully saturated rings. The number of benzene rings is 2. The molecule has 1 atom stereocenters. The van der Waals surface area contributed by atoms with E-state index in [9.17, 15) is 4.79 Å². The number of amides is 1. The van der Waals surface area contributed by atoms with E-state index in [0.29, 0.717) is 17.1 Å². The molecule has 0 aliphatic rings. The highest BCUT2D eigenvalue weighted by Crippen LogP contribution is 2.26. The first-order valence-electron chi connectivity index (χ1n) is 8.48. The van der Waals surface area contributed by atoms with Gasteiger partial charge in [-0.25, -0.2) is 9.67 Å². The lowest BCUT2D eigenvalue weighted by molar-refractivity contribution is 0.0742. The quantitative estimate of drug-likeness (QED) is 0.670. The lowest BCUT2D eigenvalue weighted by Gasteiger charge is -2.26. The van der Waals surface area contributed by atoms with Crippen molar-refractivity contribution in [2.24, 2.45) is 0 Å². The molecule has 0 aliphatic carbocycles. The molecule has 0 spiro atoms. The molecule has 0 aliphatic heterocycles. The van der Waals surface area contributed by atoms with E-state index < -0.39 is 0 Å². The smallest absolute Gasteiger partial charge is 0.254 e. The molecule has 27 heavy (non-hydrogen) atoms. The highest BCUT2D eigenvalue weighted by molar-refractivity contribution is 5.95. The summed E-state index contributed by atoms with van der Waals surface area (Å²) >= 11 is 0.